The van der Waals surface area contributed by atoms with Gasteiger partial charge < -0.3 is 4.74 Å². The van der Waals surface area contributed by atoms with Gasteiger partial charge in [-0.2, -0.15) is 0 Å². The maximum Gasteiger partial charge on any atom is 0.151 e. The van der Waals surface area contributed by atoms with Crippen molar-refractivity contribution in [3.05, 3.63) is 66.4 Å². The Labute approximate surface area is 123 Å². The molecule has 3 aromatic rings. The molecular formula is C18H16N2O. The molecule has 3 nitrogen and oxygen atoms in total. The third kappa shape index (κ3) is 2.92. The molecule has 0 bridgehead atoms. The van der Waals surface area contributed by atoms with Gasteiger partial charge in [-0.05, 0) is 35.9 Å². The minimum absolute atomic E-state index is 0.628. The van der Waals surface area contributed by atoms with Crippen molar-refractivity contribution < 1.29 is 4.74 Å². The highest BCUT2D eigenvalue weighted by Gasteiger charge is 2.06. The van der Waals surface area contributed by atoms with E-state index >= 15 is 0 Å². The number of aliphatic imine (C=N–C) groups is 1. The fraction of sp³-hybridized carbons (Fsp3) is 0.111. The third-order valence-electron chi connectivity index (χ3n) is 3.21. The third-order valence-corrected chi connectivity index (χ3v) is 3.21. The fourth-order valence-electron chi connectivity index (χ4n) is 2.25. The summed E-state index contributed by atoms with van der Waals surface area (Å²) in [4.78, 5) is 8.66. The van der Waals surface area contributed by atoms with Gasteiger partial charge in [0.15, 0.2) is 5.82 Å². The van der Waals surface area contributed by atoms with Gasteiger partial charge in [0.25, 0.3) is 0 Å². The number of aromatic nitrogens is 1. The van der Waals surface area contributed by atoms with E-state index in [-0.39, 0.29) is 0 Å². The monoisotopic (exact) mass is 276 g/mol. The van der Waals surface area contributed by atoms with Crippen LogP contribution in [0.25, 0.3) is 10.8 Å². The van der Waals surface area contributed by atoms with Gasteiger partial charge in [-0.1, -0.05) is 36.4 Å². The number of benzene rings is 2. The Morgan fingerprint density at radius 3 is 2.71 bits per heavy atom. The van der Waals surface area contributed by atoms with E-state index < -0.39 is 0 Å². The predicted molar refractivity (Wildman–Crippen MR) is 86.6 cm³/mol. The molecule has 0 aliphatic carbocycles. The molecule has 0 aliphatic heterocycles. The minimum atomic E-state index is 0.628. The molecule has 0 spiro atoms. The maximum atomic E-state index is 5.72. The lowest BCUT2D eigenvalue weighted by atomic mass is 10.0. The summed E-state index contributed by atoms with van der Waals surface area (Å²) in [5.41, 5.74) is 0.987. The highest BCUT2D eigenvalue weighted by atomic mass is 16.5. The van der Waals surface area contributed by atoms with Crippen molar-refractivity contribution >= 4 is 22.8 Å². The van der Waals surface area contributed by atoms with Crippen LogP contribution in [0.1, 0.15) is 12.5 Å². The van der Waals surface area contributed by atoms with Gasteiger partial charge in [0.05, 0.1) is 6.61 Å². The molecule has 0 aliphatic rings. The summed E-state index contributed by atoms with van der Waals surface area (Å²) in [6, 6.07) is 18.0. The number of pyridine rings is 1. The molecule has 0 amide bonds. The molecular weight excluding hydrogens is 260 g/mol. The van der Waals surface area contributed by atoms with Crippen molar-refractivity contribution in [3.8, 4) is 5.75 Å². The number of hydrogen-bond acceptors (Lipinski definition) is 3. The topological polar surface area (TPSA) is 34.5 Å². The average molecular weight is 276 g/mol. The molecule has 0 radical (unpaired) electrons. The van der Waals surface area contributed by atoms with Crippen LogP contribution in [0.4, 0.5) is 5.82 Å². The van der Waals surface area contributed by atoms with E-state index in [1.165, 1.54) is 5.39 Å². The molecule has 0 unspecified atom stereocenters. The van der Waals surface area contributed by atoms with E-state index in [0.717, 1.165) is 16.7 Å². The Morgan fingerprint density at radius 1 is 1.05 bits per heavy atom. The molecule has 0 atom stereocenters. The van der Waals surface area contributed by atoms with Crippen molar-refractivity contribution in [2.75, 3.05) is 6.61 Å². The van der Waals surface area contributed by atoms with Crippen molar-refractivity contribution in [2.45, 2.75) is 6.92 Å². The zero-order chi connectivity index (χ0) is 14.5. The van der Waals surface area contributed by atoms with Gasteiger partial charge in [0.2, 0.25) is 0 Å². The summed E-state index contributed by atoms with van der Waals surface area (Å²) in [6.07, 6.45) is 3.56. The summed E-state index contributed by atoms with van der Waals surface area (Å²) in [6.45, 7) is 2.61. The molecule has 3 heteroatoms. The smallest absolute Gasteiger partial charge is 0.151 e. The first-order valence-electron chi connectivity index (χ1n) is 6.98. The highest BCUT2D eigenvalue weighted by molar-refractivity contribution is 6.03. The number of nitrogens with zero attached hydrogens (tertiary/aromatic N) is 2. The second-order valence-corrected chi connectivity index (χ2v) is 4.58. The van der Waals surface area contributed by atoms with E-state index in [9.17, 15) is 0 Å². The van der Waals surface area contributed by atoms with Gasteiger partial charge in [-0.25, -0.2) is 9.98 Å². The Morgan fingerprint density at radius 2 is 1.90 bits per heavy atom. The maximum absolute atomic E-state index is 5.72. The van der Waals surface area contributed by atoms with Crippen LogP contribution >= 0.6 is 0 Å². The zero-order valence-corrected chi connectivity index (χ0v) is 11.9. The van der Waals surface area contributed by atoms with Gasteiger partial charge >= 0.3 is 0 Å². The molecule has 1 aromatic heterocycles. The summed E-state index contributed by atoms with van der Waals surface area (Å²) in [5.74, 6) is 1.53. The summed E-state index contributed by atoms with van der Waals surface area (Å²) < 4.78 is 5.72. The summed E-state index contributed by atoms with van der Waals surface area (Å²) in [7, 11) is 0. The lowest BCUT2D eigenvalue weighted by Gasteiger charge is -2.10. The van der Waals surface area contributed by atoms with Gasteiger partial charge in [-0.3, -0.25) is 0 Å². The van der Waals surface area contributed by atoms with E-state index in [0.29, 0.717) is 12.4 Å². The first-order chi connectivity index (χ1) is 10.4. The second kappa shape index (κ2) is 6.18. The van der Waals surface area contributed by atoms with Crippen LogP contribution in [0.15, 0.2) is 65.8 Å². The second-order valence-electron chi connectivity index (χ2n) is 4.58. The van der Waals surface area contributed by atoms with Crippen LogP contribution in [-0.2, 0) is 0 Å². The van der Waals surface area contributed by atoms with Crippen LogP contribution in [0, 0.1) is 0 Å². The predicted octanol–water partition coefficient (Wildman–Crippen LogP) is 4.38. The lowest BCUT2D eigenvalue weighted by Crippen LogP contribution is -1.97. The normalized spacial score (nSPS) is 11.1. The quantitative estimate of drug-likeness (QED) is 0.662. The van der Waals surface area contributed by atoms with Crippen LogP contribution in [-0.4, -0.2) is 17.8 Å². The molecule has 1 heterocycles. The number of rotatable bonds is 4. The van der Waals surface area contributed by atoms with E-state index in [1.54, 1.807) is 6.20 Å². The summed E-state index contributed by atoms with van der Waals surface area (Å²) in [5, 5.41) is 2.30. The fourth-order valence-corrected chi connectivity index (χ4v) is 2.25. The Kier molecular flexibility index (Phi) is 3.92. The Balaban J connectivity index is 2.10. The van der Waals surface area contributed by atoms with Crippen LogP contribution < -0.4 is 4.74 Å². The molecule has 0 saturated carbocycles. The van der Waals surface area contributed by atoms with Crippen molar-refractivity contribution in [1.29, 1.82) is 0 Å². The van der Waals surface area contributed by atoms with Gasteiger partial charge in [0.1, 0.15) is 5.75 Å². The van der Waals surface area contributed by atoms with E-state index in [4.69, 9.17) is 4.74 Å². The van der Waals surface area contributed by atoms with E-state index in [1.807, 2.05) is 49.5 Å². The minimum Gasteiger partial charge on any atom is -0.493 e. The van der Waals surface area contributed by atoms with E-state index in [2.05, 4.69) is 28.2 Å². The average Bonchev–Trinajstić information content (AvgIpc) is 2.55. The van der Waals surface area contributed by atoms with Gasteiger partial charge in [-0.15, -0.1) is 0 Å². The largest absolute Gasteiger partial charge is 0.493 e. The molecule has 3 rings (SSSR count). The Bertz CT molecular complexity index is 767. The zero-order valence-electron chi connectivity index (χ0n) is 11.9. The molecule has 0 saturated heterocycles. The Hall–Kier alpha value is -2.68. The molecule has 0 fully saturated rings. The number of hydrogen-bond donors (Lipinski definition) is 0. The van der Waals surface area contributed by atoms with Gasteiger partial charge in [0, 0.05) is 18.0 Å². The van der Waals surface area contributed by atoms with Crippen LogP contribution in [0.3, 0.4) is 0 Å². The van der Waals surface area contributed by atoms with Crippen LogP contribution in [0.2, 0.25) is 0 Å². The lowest BCUT2D eigenvalue weighted by molar-refractivity contribution is 0.340. The molecule has 21 heavy (non-hydrogen) atoms. The standard InChI is InChI=1S/C18H16N2O/c1-2-21-17-11-10-14-7-3-4-8-15(14)16(17)13-20-18-9-5-6-12-19-18/h3-13H,2H2,1H3. The highest BCUT2D eigenvalue weighted by Crippen LogP contribution is 2.27. The number of fused-ring (bicyclic) bond motifs is 1. The first-order valence-corrected chi connectivity index (χ1v) is 6.98. The van der Waals surface area contributed by atoms with Crippen molar-refractivity contribution in [2.24, 2.45) is 4.99 Å². The van der Waals surface area contributed by atoms with Crippen molar-refractivity contribution in [3.63, 3.8) is 0 Å². The number of ether oxygens (including phenoxy) is 1. The summed E-state index contributed by atoms with van der Waals surface area (Å²) >= 11 is 0. The first kappa shape index (κ1) is 13.3. The SMILES string of the molecule is CCOc1ccc2ccccc2c1C=Nc1ccccn1. The van der Waals surface area contributed by atoms with Crippen molar-refractivity contribution in [1.82, 2.24) is 4.98 Å². The molecule has 104 valence electrons. The van der Waals surface area contributed by atoms with Crippen LogP contribution in [0.5, 0.6) is 5.75 Å². The molecule has 2 aromatic carbocycles. The molecule has 0 N–H and O–H groups in total.